The molecule has 0 aliphatic rings. The predicted molar refractivity (Wildman–Crippen MR) is 87.1 cm³/mol. The van der Waals surface area contributed by atoms with Gasteiger partial charge in [-0.25, -0.2) is 9.78 Å². The average molecular weight is 307 g/mol. The lowest BCUT2D eigenvalue weighted by Crippen LogP contribution is -2.37. The molecule has 0 radical (unpaired) electrons. The van der Waals surface area contributed by atoms with Crippen LogP contribution in [0.3, 0.4) is 0 Å². The van der Waals surface area contributed by atoms with E-state index in [-0.39, 0.29) is 11.2 Å². The summed E-state index contributed by atoms with van der Waals surface area (Å²) in [6.45, 7) is 6.97. The topological polar surface area (TPSA) is 65.1 Å². The molecule has 0 bridgehead atoms. The van der Waals surface area contributed by atoms with E-state index in [0.717, 1.165) is 36.3 Å². The van der Waals surface area contributed by atoms with Crippen molar-refractivity contribution in [3.63, 3.8) is 0 Å². The third-order valence-electron chi connectivity index (χ3n) is 4.01. The molecule has 122 valence electrons. The van der Waals surface area contributed by atoms with E-state index in [1.807, 2.05) is 11.6 Å². The van der Waals surface area contributed by atoms with Gasteiger partial charge in [-0.3, -0.25) is 18.8 Å². The van der Waals surface area contributed by atoms with Gasteiger partial charge < -0.3 is 4.57 Å². The Labute approximate surface area is 129 Å². The summed E-state index contributed by atoms with van der Waals surface area (Å²) in [5, 5.41) is 0. The number of hydrogen-bond acceptors (Lipinski definition) is 4. The van der Waals surface area contributed by atoms with Gasteiger partial charge in [0.25, 0.3) is 5.56 Å². The summed E-state index contributed by atoms with van der Waals surface area (Å²) >= 11 is 0. The molecule has 0 fully saturated rings. The van der Waals surface area contributed by atoms with E-state index in [0.29, 0.717) is 17.7 Å². The lowest BCUT2D eigenvalue weighted by Gasteiger charge is -2.20. The lowest BCUT2D eigenvalue weighted by atomic mass is 10.3. The molecule has 22 heavy (non-hydrogen) atoms. The molecule has 7 nitrogen and oxygen atoms in total. The van der Waals surface area contributed by atoms with Crippen LogP contribution in [0.25, 0.3) is 11.2 Å². The monoisotopic (exact) mass is 307 g/mol. The van der Waals surface area contributed by atoms with Crippen LogP contribution in [0.1, 0.15) is 32.5 Å². The highest BCUT2D eigenvalue weighted by atomic mass is 16.2. The second-order valence-corrected chi connectivity index (χ2v) is 5.74. The van der Waals surface area contributed by atoms with E-state index in [1.54, 1.807) is 7.05 Å². The fourth-order valence-corrected chi connectivity index (χ4v) is 2.81. The van der Waals surface area contributed by atoms with Gasteiger partial charge in [0.05, 0.1) is 6.54 Å². The lowest BCUT2D eigenvalue weighted by molar-refractivity contribution is 0.258. The van der Waals surface area contributed by atoms with Crippen molar-refractivity contribution in [3.05, 3.63) is 26.7 Å². The number of fused-ring (bicyclic) bond motifs is 1. The molecule has 0 aromatic carbocycles. The fourth-order valence-electron chi connectivity index (χ4n) is 2.81. The molecule has 2 rings (SSSR count). The summed E-state index contributed by atoms with van der Waals surface area (Å²) in [6.07, 6.45) is 2.15. The zero-order chi connectivity index (χ0) is 16.4. The van der Waals surface area contributed by atoms with Crippen molar-refractivity contribution in [2.75, 3.05) is 13.1 Å². The molecule has 2 aromatic rings. The highest BCUT2D eigenvalue weighted by Gasteiger charge is 2.18. The summed E-state index contributed by atoms with van der Waals surface area (Å²) in [5.74, 6) is 0.815. The van der Waals surface area contributed by atoms with Crippen LogP contribution in [0, 0.1) is 0 Å². The molecular formula is C15H25N5O2. The zero-order valence-corrected chi connectivity index (χ0v) is 14.1. The smallest absolute Gasteiger partial charge is 0.324 e. The summed E-state index contributed by atoms with van der Waals surface area (Å²) in [5.41, 5.74) is 0.295. The maximum atomic E-state index is 12.3. The summed E-state index contributed by atoms with van der Waals surface area (Å²) < 4.78 is 4.38. The highest BCUT2D eigenvalue weighted by molar-refractivity contribution is 5.70. The molecule has 2 heterocycles. The van der Waals surface area contributed by atoms with Crippen LogP contribution in [-0.2, 0) is 27.7 Å². The fraction of sp³-hybridized carbons (Fsp3) is 0.667. The molecule has 7 heteroatoms. The van der Waals surface area contributed by atoms with Gasteiger partial charge in [0, 0.05) is 21.1 Å². The van der Waals surface area contributed by atoms with Gasteiger partial charge in [-0.15, -0.1) is 0 Å². The number of nitrogens with zero attached hydrogens (tertiary/aromatic N) is 5. The normalized spacial score (nSPS) is 11.7. The van der Waals surface area contributed by atoms with E-state index >= 15 is 0 Å². The van der Waals surface area contributed by atoms with Crippen LogP contribution in [-0.4, -0.2) is 36.7 Å². The number of rotatable bonds is 6. The van der Waals surface area contributed by atoms with Crippen LogP contribution >= 0.6 is 0 Å². The number of aromatic nitrogens is 4. The van der Waals surface area contributed by atoms with Crippen molar-refractivity contribution in [1.29, 1.82) is 0 Å². The Hall–Kier alpha value is -1.89. The molecule has 0 saturated heterocycles. The first-order chi connectivity index (χ1) is 10.4. The minimum absolute atomic E-state index is 0.295. The Morgan fingerprint density at radius 3 is 2.09 bits per heavy atom. The Kier molecular flexibility index (Phi) is 4.85. The van der Waals surface area contributed by atoms with Crippen molar-refractivity contribution in [2.45, 2.75) is 33.2 Å². The summed E-state index contributed by atoms with van der Waals surface area (Å²) in [6, 6.07) is 0. The Bertz CT molecular complexity index is 778. The third kappa shape index (κ3) is 2.72. The minimum Gasteiger partial charge on any atom is -0.324 e. The van der Waals surface area contributed by atoms with Crippen LogP contribution < -0.4 is 11.2 Å². The molecule has 0 unspecified atom stereocenters. The van der Waals surface area contributed by atoms with E-state index in [1.165, 1.54) is 11.6 Å². The van der Waals surface area contributed by atoms with Gasteiger partial charge in [-0.1, -0.05) is 13.8 Å². The van der Waals surface area contributed by atoms with E-state index in [4.69, 9.17) is 0 Å². The Balaban J connectivity index is 2.55. The molecule has 0 N–H and O–H groups in total. The summed E-state index contributed by atoms with van der Waals surface area (Å²) in [4.78, 5) is 31.2. The third-order valence-corrected chi connectivity index (χ3v) is 4.01. The first-order valence-corrected chi connectivity index (χ1v) is 7.76. The largest absolute Gasteiger partial charge is 0.332 e. The first-order valence-electron chi connectivity index (χ1n) is 7.76. The standard InChI is InChI=1S/C15H25N5O2/c1-6-8-20(9-7-2)10-11-16-13-12(17(11)3)14(21)19(5)15(22)18(13)4/h6-10H2,1-5H3. The number of aryl methyl sites for hydroxylation is 2. The molecule has 0 spiro atoms. The molecular weight excluding hydrogens is 282 g/mol. The predicted octanol–water partition coefficient (Wildman–Crippen LogP) is 0.593. The number of hydrogen-bond donors (Lipinski definition) is 0. The number of imidazole rings is 1. The van der Waals surface area contributed by atoms with Crippen LogP contribution in [0.2, 0.25) is 0 Å². The van der Waals surface area contributed by atoms with Gasteiger partial charge in [0.2, 0.25) is 0 Å². The second-order valence-electron chi connectivity index (χ2n) is 5.74. The van der Waals surface area contributed by atoms with E-state index in [9.17, 15) is 9.59 Å². The maximum absolute atomic E-state index is 12.3. The highest BCUT2D eigenvalue weighted by Crippen LogP contribution is 2.11. The minimum atomic E-state index is -0.346. The second kappa shape index (κ2) is 6.48. The average Bonchev–Trinajstić information content (AvgIpc) is 2.81. The molecule has 0 saturated carbocycles. The SMILES string of the molecule is CCCN(CCC)Cc1nc2c(c(=O)n(C)c(=O)n2C)n1C. The Morgan fingerprint density at radius 2 is 1.55 bits per heavy atom. The molecule has 0 atom stereocenters. The molecule has 2 aromatic heterocycles. The Morgan fingerprint density at radius 1 is 0.955 bits per heavy atom. The van der Waals surface area contributed by atoms with Gasteiger partial charge in [0.1, 0.15) is 5.82 Å². The molecule has 0 aliphatic carbocycles. The van der Waals surface area contributed by atoms with Crippen molar-refractivity contribution >= 4 is 11.2 Å². The van der Waals surface area contributed by atoms with Crippen molar-refractivity contribution in [1.82, 2.24) is 23.6 Å². The van der Waals surface area contributed by atoms with Gasteiger partial charge in [-0.2, -0.15) is 0 Å². The van der Waals surface area contributed by atoms with Gasteiger partial charge >= 0.3 is 5.69 Å². The van der Waals surface area contributed by atoms with Crippen LogP contribution in [0.5, 0.6) is 0 Å². The quantitative estimate of drug-likeness (QED) is 0.783. The van der Waals surface area contributed by atoms with E-state index in [2.05, 4.69) is 23.7 Å². The van der Waals surface area contributed by atoms with Crippen molar-refractivity contribution in [3.8, 4) is 0 Å². The molecule has 0 amide bonds. The first kappa shape index (κ1) is 16.5. The van der Waals surface area contributed by atoms with Gasteiger partial charge in [0.15, 0.2) is 11.2 Å². The summed E-state index contributed by atoms with van der Waals surface area (Å²) in [7, 11) is 4.99. The van der Waals surface area contributed by atoms with Crippen molar-refractivity contribution in [2.24, 2.45) is 21.1 Å². The molecule has 0 aliphatic heterocycles. The zero-order valence-electron chi connectivity index (χ0n) is 14.1. The van der Waals surface area contributed by atoms with Crippen molar-refractivity contribution < 1.29 is 0 Å². The maximum Gasteiger partial charge on any atom is 0.332 e. The van der Waals surface area contributed by atoms with Crippen LogP contribution in [0.15, 0.2) is 9.59 Å². The van der Waals surface area contributed by atoms with E-state index < -0.39 is 0 Å². The van der Waals surface area contributed by atoms with Gasteiger partial charge in [-0.05, 0) is 25.9 Å². The van der Waals surface area contributed by atoms with Crippen LogP contribution in [0.4, 0.5) is 0 Å².